The zero-order valence-corrected chi connectivity index (χ0v) is 20.5. The summed E-state index contributed by atoms with van der Waals surface area (Å²) in [6.07, 6.45) is 0.910. The monoisotopic (exact) mass is 498 g/mol. The summed E-state index contributed by atoms with van der Waals surface area (Å²) in [6, 6.07) is 19.0. The third-order valence-electron chi connectivity index (χ3n) is 5.90. The van der Waals surface area contributed by atoms with E-state index in [4.69, 9.17) is 28.3 Å². The van der Waals surface area contributed by atoms with E-state index in [1.54, 1.807) is 63.5 Å². The van der Waals surface area contributed by atoms with Crippen LogP contribution in [0.5, 0.6) is 0 Å². The fourth-order valence-corrected chi connectivity index (χ4v) is 4.21. The molecule has 3 aromatic rings. The topological polar surface area (TPSA) is 77.9 Å². The minimum absolute atomic E-state index is 0.219. The van der Waals surface area contributed by atoms with E-state index in [-0.39, 0.29) is 17.9 Å². The molecule has 0 saturated heterocycles. The van der Waals surface area contributed by atoms with E-state index < -0.39 is 11.5 Å². The standard InChI is InChI=1S/C26H24Cl2N2O4/c1-26(29(2)16-31,25(34)30(3)23-13-21(27)12-22(28)14-23)15-17-4-6-18(7-5-17)19-8-10-20(11-9-19)24(32)33/h4-14,16H,15H2,1-3H3,(H,32,33)/t26-/m1/s1. The van der Waals surface area contributed by atoms with Crippen molar-refractivity contribution >= 4 is 47.2 Å². The SMILES string of the molecule is CN(C(=O)[C@@](C)(Cc1ccc(-c2ccc(C(=O)O)cc2)cc1)N(C)C=O)c1cc(Cl)cc(Cl)c1. The third kappa shape index (κ3) is 5.41. The molecule has 6 nitrogen and oxygen atoms in total. The van der Waals surface area contributed by atoms with Crippen molar-refractivity contribution in [2.75, 3.05) is 19.0 Å². The van der Waals surface area contributed by atoms with E-state index in [0.717, 1.165) is 16.7 Å². The second-order valence-corrected chi connectivity index (χ2v) is 9.11. The maximum atomic E-state index is 13.6. The van der Waals surface area contributed by atoms with E-state index in [9.17, 15) is 14.4 Å². The first-order valence-electron chi connectivity index (χ1n) is 10.4. The second kappa shape index (κ2) is 10.3. The van der Waals surface area contributed by atoms with Crippen molar-refractivity contribution in [2.45, 2.75) is 18.9 Å². The van der Waals surface area contributed by atoms with Gasteiger partial charge >= 0.3 is 5.97 Å². The molecule has 0 aliphatic carbocycles. The fraction of sp³-hybridized carbons (Fsp3) is 0.192. The molecule has 0 bridgehead atoms. The molecule has 0 fully saturated rings. The van der Waals surface area contributed by atoms with E-state index in [2.05, 4.69) is 0 Å². The van der Waals surface area contributed by atoms with Crippen molar-refractivity contribution in [1.82, 2.24) is 4.90 Å². The van der Waals surface area contributed by atoms with Crippen LogP contribution in [0.3, 0.4) is 0 Å². The van der Waals surface area contributed by atoms with Crippen molar-refractivity contribution in [2.24, 2.45) is 0 Å². The molecule has 3 rings (SSSR count). The number of nitrogens with zero attached hydrogens (tertiary/aromatic N) is 2. The summed E-state index contributed by atoms with van der Waals surface area (Å²) in [6.45, 7) is 1.71. The molecule has 1 atom stereocenters. The zero-order valence-electron chi connectivity index (χ0n) is 19.0. The highest BCUT2D eigenvalue weighted by Gasteiger charge is 2.40. The first-order chi connectivity index (χ1) is 16.0. The lowest BCUT2D eigenvalue weighted by atomic mass is 9.89. The molecule has 0 radical (unpaired) electrons. The van der Waals surface area contributed by atoms with Gasteiger partial charge in [-0.25, -0.2) is 4.79 Å². The number of hydrogen-bond donors (Lipinski definition) is 1. The smallest absolute Gasteiger partial charge is 0.335 e. The molecule has 8 heteroatoms. The number of anilines is 1. The normalized spacial score (nSPS) is 12.5. The summed E-state index contributed by atoms with van der Waals surface area (Å²) in [4.78, 5) is 39.1. The molecule has 0 aliphatic heterocycles. The van der Waals surface area contributed by atoms with Crippen molar-refractivity contribution in [3.63, 3.8) is 0 Å². The summed E-state index contributed by atoms with van der Waals surface area (Å²) in [7, 11) is 3.19. The number of halogens is 2. The summed E-state index contributed by atoms with van der Waals surface area (Å²) in [5.74, 6) is -1.27. The molecule has 2 amide bonds. The van der Waals surface area contributed by atoms with Crippen LogP contribution in [-0.2, 0) is 16.0 Å². The van der Waals surface area contributed by atoms with Crippen LogP contribution in [0, 0.1) is 0 Å². The molecule has 176 valence electrons. The molecule has 3 aromatic carbocycles. The molecule has 1 N–H and O–H groups in total. The zero-order chi connectivity index (χ0) is 25.0. The van der Waals surface area contributed by atoms with Gasteiger partial charge in [-0.05, 0) is 53.9 Å². The third-order valence-corrected chi connectivity index (χ3v) is 6.34. The van der Waals surface area contributed by atoms with Gasteiger partial charge in [0.25, 0.3) is 5.91 Å². The number of rotatable bonds is 8. The van der Waals surface area contributed by atoms with Crippen LogP contribution in [-0.4, -0.2) is 47.9 Å². The van der Waals surface area contributed by atoms with Crippen LogP contribution >= 0.6 is 23.2 Å². The largest absolute Gasteiger partial charge is 0.478 e. The van der Waals surface area contributed by atoms with Crippen LogP contribution in [0.15, 0.2) is 66.7 Å². The van der Waals surface area contributed by atoms with Gasteiger partial charge in [-0.2, -0.15) is 0 Å². The quantitative estimate of drug-likeness (QED) is 0.421. The van der Waals surface area contributed by atoms with Crippen LogP contribution in [0.25, 0.3) is 11.1 Å². The first kappa shape index (κ1) is 25.3. The minimum atomic E-state index is -1.17. The number of benzene rings is 3. The van der Waals surface area contributed by atoms with Gasteiger partial charge in [-0.3, -0.25) is 9.59 Å². The fourth-order valence-electron chi connectivity index (χ4n) is 3.70. The Bertz CT molecular complexity index is 1190. The number of carbonyl (C=O) groups is 3. The van der Waals surface area contributed by atoms with Gasteiger partial charge < -0.3 is 14.9 Å². The number of carboxylic acid groups (broad SMARTS) is 1. The molecular formula is C26H24Cl2N2O4. The molecular weight excluding hydrogens is 475 g/mol. The average Bonchev–Trinajstić information content (AvgIpc) is 2.82. The Morgan fingerprint density at radius 2 is 1.41 bits per heavy atom. The van der Waals surface area contributed by atoms with Gasteiger partial charge in [0, 0.05) is 36.2 Å². The summed E-state index contributed by atoms with van der Waals surface area (Å²) in [5, 5.41) is 9.87. The highest BCUT2D eigenvalue weighted by molar-refractivity contribution is 6.35. The lowest BCUT2D eigenvalue weighted by Gasteiger charge is -2.38. The maximum Gasteiger partial charge on any atom is 0.335 e. The highest BCUT2D eigenvalue weighted by Crippen LogP contribution is 2.29. The van der Waals surface area contributed by atoms with Gasteiger partial charge in [0.15, 0.2) is 0 Å². The number of carboxylic acids is 1. The van der Waals surface area contributed by atoms with Gasteiger partial charge in [0.05, 0.1) is 5.56 Å². The van der Waals surface area contributed by atoms with Crippen LogP contribution in [0.1, 0.15) is 22.8 Å². The summed E-state index contributed by atoms with van der Waals surface area (Å²) >= 11 is 12.2. The molecule has 0 aliphatic rings. The molecule has 0 unspecified atom stereocenters. The molecule has 34 heavy (non-hydrogen) atoms. The Hall–Kier alpha value is -3.35. The Labute approximate surface area is 208 Å². The molecule has 0 aromatic heterocycles. The van der Waals surface area contributed by atoms with E-state index in [1.807, 2.05) is 24.3 Å². The Morgan fingerprint density at radius 3 is 1.88 bits per heavy atom. The Morgan fingerprint density at radius 1 is 0.912 bits per heavy atom. The van der Waals surface area contributed by atoms with Crippen LogP contribution < -0.4 is 4.90 Å². The van der Waals surface area contributed by atoms with Crippen LogP contribution in [0.4, 0.5) is 5.69 Å². The first-order valence-corrected chi connectivity index (χ1v) is 11.2. The van der Waals surface area contributed by atoms with Gasteiger partial charge in [-0.1, -0.05) is 59.6 Å². The lowest BCUT2D eigenvalue weighted by Crippen LogP contribution is -2.57. The lowest BCUT2D eigenvalue weighted by molar-refractivity contribution is -0.136. The van der Waals surface area contributed by atoms with Crippen molar-refractivity contribution in [3.8, 4) is 11.1 Å². The summed E-state index contributed by atoms with van der Waals surface area (Å²) in [5.41, 5.74) is 2.20. The van der Waals surface area contributed by atoms with E-state index in [0.29, 0.717) is 22.1 Å². The number of hydrogen-bond acceptors (Lipinski definition) is 3. The number of aromatic carboxylic acids is 1. The average molecular weight is 499 g/mol. The highest BCUT2D eigenvalue weighted by atomic mass is 35.5. The van der Waals surface area contributed by atoms with Crippen molar-refractivity contribution in [1.29, 1.82) is 0 Å². The predicted octanol–water partition coefficient (Wildman–Crippen LogP) is 5.41. The van der Waals surface area contributed by atoms with E-state index in [1.165, 1.54) is 9.80 Å². The van der Waals surface area contributed by atoms with E-state index >= 15 is 0 Å². The van der Waals surface area contributed by atoms with Gasteiger partial charge in [0.2, 0.25) is 6.41 Å². The number of amides is 2. The van der Waals surface area contributed by atoms with Crippen LogP contribution in [0.2, 0.25) is 10.0 Å². The molecule has 0 saturated carbocycles. The van der Waals surface area contributed by atoms with Crippen molar-refractivity contribution < 1.29 is 19.5 Å². The molecule has 0 spiro atoms. The minimum Gasteiger partial charge on any atom is -0.478 e. The van der Waals surface area contributed by atoms with Gasteiger partial charge in [-0.15, -0.1) is 0 Å². The molecule has 0 heterocycles. The summed E-state index contributed by atoms with van der Waals surface area (Å²) < 4.78 is 0. The van der Waals surface area contributed by atoms with Crippen molar-refractivity contribution in [3.05, 3.63) is 87.9 Å². The predicted molar refractivity (Wildman–Crippen MR) is 135 cm³/mol. The number of likely N-dealkylation sites (N-methyl/N-ethyl adjacent to an activating group) is 2. The number of carbonyl (C=O) groups excluding carboxylic acids is 2. The Balaban J connectivity index is 1.87. The second-order valence-electron chi connectivity index (χ2n) is 8.24. The van der Waals surface area contributed by atoms with Gasteiger partial charge in [0.1, 0.15) is 5.54 Å². The Kier molecular flexibility index (Phi) is 7.64. The maximum absolute atomic E-state index is 13.6.